The molecule has 1 N–H and O–H groups in total. The maximum Gasteiger partial charge on any atom is 0.221 e. The van der Waals surface area contributed by atoms with Gasteiger partial charge in [0.1, 0.15) is 13.2 Å². The fraction of sp³-hybridized carbons (Fsp3) is 0.611. The van der Waals surface area contributed by atoms with Crippen LogP contribution in [0.2, 0.25) is 0 Å². The molecule has 1 amide bonds. The number of carbonyl (C=O) groups excluding carboxylic acids is 1. The maximum absolute atomic E-state index is 12.1. The molecule has 2 aliphatic rings. The molecule has 1 atom stereocenters. The smallest absolute Gasteiger partial charge is 0.221 e. The van der Waals surface area contributed by atoms with E-state index in [2.05, 4.69) is 17.1 Å². The van der Waals surface area contributed by atoms with Crippen molar-refractivity contribution < 1.29 is 19.0 Å². The Hall–Kier alpha value is -1.44. The van der Waals surface area contributed by atoms with E-state index in [1.54, 1.807) is 11.8 Å². The highest BCUT2D eigenvalue weighted by atomic mass is 32.2. The van der Waals surface area contributed by atoms with Crippen molar-refractivity contribution in [3.63, 3.8) is 0 Å². The zero-order valence-corrected chi connectivity index (χ0v) is 15.5. The van der Waals surface area contributed by atoms with Crippen LogP contribution in [0.25, 0.3) is 0 Å². The number of nitrogens with one attached hydrogen (secondary N) is 1. The minimum Gasteiger partial charge on any atom is -0.486 e. The third-order valence-corrected chi connectivity index (χ3v) is 5.15. The second-order valence-corrected chi connectivity index (χ2v) is 7.45. The summed E-state index contributed by atoms with van der Waals surface area (Å²) in [6.07, 6.45) is 0.507. The van der Waals surface area contributed by atoms with Gasteiger partial charge in [-0.15, -0.1) is 11.8 Å². The molecule has 6 nitrogen and oxygen atoms in total. The largest absolute Gasteiger partial charge is 0.486 e. The van der Waals surface area contributed by atoms with E-state index in [0.717, 1.165) is 55.0 Å². The van der Waals surface area contributed by atoms with Crippen LogP contribution in [0.3, 0.4) is 0 Å². The van der Waals surface area contributed by atoms with E-state index in [1.807, 2.05) is 18.2 Å². The van der Waals surface area contributed by atoms with Gasteiger partial charge in [0.25, 0.3) is 0 Å². The van der Waals surface area contributed by atoms with Crippen LogP contribution in [0.15, 0.2) is 23.1 Å². The lowest BCUT2D eigenvalue weighted by Gasteiger charge is -2.29. The van der Waals surface area contributed by atoms with Crippen LogP contribution in [-0.4, -0.2) is 68.7 Å². The summed E-state index contributed by atoms with van der Waals surface area (Å²) in [6, 6.07) is 6.08. The molecule has 0 aromatic heterocycles. The topological polar surface area (TPSA) is 60.0 Å². The predicted octanol–water partition coefficient (Wildman–Crippen LogP) is 1.78. The zero-order chi connectivity index (χ0) is 17.5. The molecule has 138 valence electrons. The van der Waals surface area contributed by atoms with Crippen LogP contribution in [-0.2, 0) is 9.53 Å². The number of hydrogen-bond acceptors (Lipinski definition) is 6. The van der Waals surface area contributed by atoms with Crippen LogP contribution in [0.1, 0.15) is 13.3 Å². The normalized spacial score (nSPS) is 18.6. The van der Waals surface area contributed by atoms with E-state index in [1.165, 1.54) is 0 Å². The number of benzene rings is 1. The summed E-state index contributed by atoms with van der Waals surface area (Å²) in [5.74, 6) is 2.44. The summed E-state index contributed by atoms with van der Waals surface area (Å²) in [4.78, 5) is 15.5. The Morgan fingerprint density at radius 1 is 1.20 bits per heavy atom. The monoisotopic (exact) mass is 366 g/mol. The number of morpholine rings is 1. The van der Waals surface area contributed by atoms with Gasteiger partial charge in [0.2, 0.25) is 5.91 Å². The van der Waals surface area contributed by atoms with E-state index < -0.39 is 0 Å². The minimum atomic E-state index is 0.103. The first-order chi connectivity index (χ1) is 12.2. The second kappa shape index (κ2) is 9.31. The van der Waals surface area contributed by atoms with Crippen LogP contribution in [0.4, 0.5) is 0 Å². The molecule has 0 radical (unpaired) electrons. The Bertz CT molecular complexity index is 578. The number of rotatable bonds is 7. The molecule has 7 heteroatoms. The molecule has 25 heavy (non-hydrogen) atoms. The first-order valence-electron chi connectivity index (χ1n) is 8.82. The molecule has 2 aliphatic heterocycles. The Kier molecular flexibility index (Phi) is 6.84. The Labute approximate surface area is 153 Å². The van der Waals surface area contributed by atoms with Crippen molar-refractivity contribution in [2.75, 3.05) is 51.8 Å². The Balaban J connectivity index is 1.36. The third kappa shape index (κ3) is 5.80. The molecular weight excluding hydrogens is 340 g/mol. The van der Waals surface area contributed by atoms with Gasteiger partial charge in [-0.2, -0.15) is 0 Å². The number of amides is 1. The predicted molar refractivity (Wildman–Crippen MR) is 97.6 cm³/mol. The average Bonchev–Trinajstić information content (AvgIpc) is 2.62. The summed E-state index contributed by atoms with van der Waals surface area (Å²) in [5, 5.41) is 3.08. The van der Waals surface area contributed by atoms with E-state index in [0.29, 0.717) is 19.6 Å². The van der Waals surface area contributed by atoms with Crippen molar-refractivity contribution in [3.05, 3.63) is 18.2 Å². The Morgan fingerprint density at radius 3 is 2.76 bits per heavy atom. The molecule has 1 aromatic carbocycles. The SMILES string of the molecule is CC(CN1CCOCC1)NC(=O)CCSc1ccc2c(c1)OCCO2. The fourth-order valence-corrected chi connectivity index (χ4v) is 3.82. The molecule has 1 unspecified atom stereocenters. The van der Waals surface area contributed by atoms with Crippen LogP contribution >= 0.6 is 11.8 Å². The highest BCUT2D eigenvalue weighted by molar-refractivity contribution is 7.99. The molecule has 3 rings (SSSR count). The van der Waals surface area contributed by atoms with Gasteiger partial charge in [0.15, 0.2) is 11.5 Å². The first kappa shape index (κ1) is 18.4. The fourth-order valence-electron chi connectivity index (χ4n) is 2.94. The molecule has 1 saturated heterocycles. The van der Waals surface area contributed by atoms with Gasteiger partial charge in [0, 0.05) is 42.7 Å². The summed E-state index contributed by atoms with van der Waals surface area (Å²) in [7, 11) is 0. The van der Waals surface area contributed by atoms with Crippen molar-refractivity contribution in [3.8, 4) is 11.5 Å². The maximum atomic E-state index is 12.1. The average molecular weight is 366 g/mol. The number of thioether (sulfide) groups is 1. The highest BCUT2D eigenvalue weighted by Crippen LogP contribution is 2.34. The van der Waals surface area contributed by atoms with Crippen LogP contribution in [0.5, 0.6) is 11.5 Å². The second-order valence-electron chi connectivity index (χ2n) is 6.29. The molecule has 2 heterocycles. The third-order valence-electron chi connectivity index (χ3n) is 4.15. The van der Waals surface area contributed by atoms with Crippen molar-refractivity contribution >= 4 is 17.7 Å². The number of hydrogen-bond donors (Lipinski definition) is 1. The number of fused-ring (bicyclic) bond motifs is 1. The standard InChI is InChI=1S/C18H26N2O4S/c1-14(13-20-5-7-22-8-6-20)19-18(21)4-11-25-15-2-3-16-17(12-15)24-10-9-23-16/h2-3,12,14H,4-11,13H2,1H3,(H,19,21). The van der Waals surface area contributed by atoms with Gasteiger partial charge >= 0.3 is 0 Å². The van der Waals surface area contributed by atoms with Crippen molar-refractivity contribution in [2.45, 2.75) is 24.3 Å². The van der Waals surface area contributed by atoms with E-state index >= 15 is 0 Å². The summed E-state index contributed by atoms with van der Waals surface area (Å²) >= 11 is 1.66. The molecule has 0 saturated carbocycles. The number of ether oxygens (including phenoxy) is 3. The molecule has 0 bridgehead atoms. The van der Waals surface area contributed by atoms with Crippen LogP contribution < -0.4 is 14.8 Å². The van der Waals surface area contributed by atoms with Gasteiger partial charge in [-0.25, -0.2) is 0 Å². The zero-order valence-electron chi connectivity index (χ0n) is 14.7. The van der Waals surface area contributed by atoms with E-state index in [4.69, 9.17) is 14.2 Å². The van der Waals surface area contributed by atoms with Crippen molar-refractivity contribution in [1.29, 1.82) is 0 Å². The van der Waals surface area contributed by atoms with E-state index in [9.17, 15) is 4.79 Å². The molecule has 1 fully saturated rings. The lowest BCUT2D eigenvalue weighted by atomic mass is 10.2. The van der Waals surface area contributed by atoms with Gasteiger partial charge in [-0.3, -0.25) is 9.69 Å². The molecular formula is C18H26N2O4S. The van der Waals surface area contributed by atoms with Crippen molar-refractivity contribution in [2.24, 2.45) is 0 Å². The summed E-state index contributed by atoms with van der Waals surface area (Å²) < 4.78 is 16.4. The lowest BCUT2D eigenvalue weighted by Crippen LogP contribution is -2.46. The quantitative estimate of drug-likeness (QED) is 0.743. The van der Waals surface area contributed by atoms with Gasteiger partial charge in [0.05, 0.1) is 13.2 Å². The van der Waals surface area contributed by atoms with Gasteiger partial charge in [-0.1, -0.05) is 0 Å². The van der Waals surface area contributed by atoms with E-state index in [-0.39, 0.29) is 11.9 Å². The molecule has 1 aromatic rings. The lowest BCUT2D eigenvalue weighted by molar-refractivity contribution is -0.121. The molecule has 0 aliphatic carbocycles. The molecule has 0 spiro atoms. The number of carbonyl (C=O) groups is 1. The highest BCUT2D eigenvalue weighted by Gasteiger charge is 2.15. The summed E-state index contributed by atoms with van der Waals surface area (Å²) in [6.45, 7) is 7.58. The minimum absolute atomic E-state index is 0.103. The van der Waals surface area contributed by atoms with Crippen molar-refractivity contribution in [1.82, 2.24) is 10.2 Å². The summed E-state index contributed by atoms with van der Waals surface area (Å²) in [5.41, 5.74) is 0. The first-order valence-corrected chi connectivity index (χ1v) is 9.81. The van der Waals surface area contributed by atoms with Gasteiger partial charge in [-0.05, 0) is 25.1 Å². The van der Waals surface area contributed by atoms with Crippen LogP contribution in [0, 0.1) is 0 Å². The number of nitrogens with zero attached hydrogens (tertiary/aromatic N) is 1. The van der Waals surface area contributed by atoms with Gasteiger partial charge < -0.3 is 19.5 Å². The Morgan fingerprint density at radius 2 is 1.96 bits per heavy atom.